The number of aromatic nitrogens is 3. The molecular formula is C11H16N4S. The molecule has 2 rings (SSSR count). The molecular weight excluding hydrogens is 220 g/mol. The third kappa shape index (κ3) is 3.43. The van der Waals surface area contributed by atoms with Gasteiger partial charge in [-0.15, -0.1) is 11.3 Å². The number of imidazole rings is 1. The Morgan fingerprint density at radius 2 is 2.44 bits per heavy atom. The highest BCUT2D eigenvalue weighted by Gasteiger charge is 2.02. The molecule has 0 aliphatic heterocycles. The minimum atomic E-state index is 0.599. The van der Waals surface area contributed by atoms with Crippen molar-refractivity contribution in [1.29, 1.82) is 0 Å². The minimum absolute atomic E-state index is 0.599. The second kappa shape index (κ2) is 5.77. The standard InChI is InChI=1S/C11H16N4S/c1-10(7-15-3-2-12-8-15)4-13-5-11-6-14-9-16-11/h2-3,6,8-10,13H,4-5,7H2,1H3. The zero-order chi connectivity index (χ0) is 11.2. The highest BCUT2D eigenvalue weighted by atomic mass is 32.1. The zero-order valence-corrected chi connectivity index (χ0v) is 10.2. The van der Waals surface area contributed by atoms with E-state index >= 15 is 0 Å². The van der Waals surface area contributed by atoms with Crippen molar-refractivity contribution in [3.05, 3.63) is 35.3 Å². The molecule has 1 unspecified atom stereocenters. The van der Waals surface area contributed by atoms with Crippen molar-refractivity contribution >= 4 is 11.3 Å². The molecule has 0 aliphatic carbocycles. The lowest BCUT2D eigenvalue weighted by Crippen LogP contribution is -2.23. The summed E-state index contributed by atoms with van der Waals surface area (Å²) in [5, 5.41) is 3.44. The third-order valence-electron chi connectivity index (χ3n) is 2.36. The van der Waals surface area contributed by atoms with Gasteiger partial charge in [0, 0.05) is 36.6 Å². The lowest BCUT2D eigenvalue weighted by atomic mass is 10.2. The highest BCUT2D eigenvalue weighted by molar-refractivity contribution is 7.09. The minimum Gasteiger partial charge on any atom is -0.337 e. The van der Waals surface area contributed by atoms with Crippen molar-refractivity contribution in [3.8, 4) is 0 Å². The summed E-state index contributed by atoms with van der Waals surface area (Å²) in [6.45, 7) is 5.17. The predicted molar refractivity (Wildman–Crippen MR) is 65.2 cm³/mol. The summed E-state index contributed by atoms with van der Waals surface area (Å²) in [5.41, 5.74) is 1.87. The molecule has 2 aromatic rings. The fourth-order valence-electron chi connectivity index (χ4n) is 1.59. The van der Waals surface area contributed by atoms with Crippen molar-refractivity contribution in [1.82, 2.24) is 19.9 Å². The van der Waals surface area contributed by atoms with Gasteiger partial charge >= 0.3 is 0 Å². The Labute approximate surface area is 99.4 Å². The molecule has 86 valence electrons. The summed E-state index contributed by atoms with van der Waals surface area (Å²) in [5.74, 6) is 0.599. The van der Waals surface area contributed by atoms with E-state index in [2.05, 4.69) is 26.8 Å². The van der Waals surface area contributed by atoms with Crippen molar-refractivity contribution in [2.75, 3.05) is 6.54 Å². The Bertz CT molecular complexity index is 382. The molecule has 4 nitrogen and oxygen atoms in total. The Kier molecular flexibility index (Phi) is 4.07. The van der Waals surface area contributed by atoms with E-state index in [9.17, 15) is 0 Å². The van der Waals surface area contributed by atoms with Crippen LogP contribution in [0, 0.1) is 5.92 Å². The van der Waals surface area contributed by atoms with E-state index in [0.29, 0.717) is 5.92 Å². The second-order valence-electron chi connectivity index (χ2n) is 3.96. The van der Waals surface area contributed by atoms with Gasteiger partial charge in [-0.1, -0.05) is 6.92 Å². The van der Waals surface area contributed by atoms with Gasteiger partial charge in [0.25, 0.3) is 0 Å². The van der Waals surface area contributed by atoms with Crippen molar-refractivity contribution in [2.24, 2.45) is 5.92 Å². The summed E-state index contributed by atoms with van der Waals surface area (Å²) >= 11 is 1.69. The van der Waals surface area contributed by atoms with Gasteiger partial charge in [-0.3, -0.25) is 4.98 Å². The van der Waals surface area contributed by atoms with E-state index in [-0.39, 0.29) is 0 Å². The van der Waals surface area contributed by atoms with Crippen LogP contribution >= 0.6 is 11.3 Å². The second-order valence-corrected chi connectivity index (χ2v) is 4.93. The Morgan fingerprint density at radius 1 is 1.50 bits per heavy atom. The monoisotopic (exact) mass is 236 g/mol. The maximum absolute atomic E-state index is 4.05. The van der Waals surface area contributed by atoms with Crippen LogP contribution in [0.25, 0.3) is 0 Å². The molecule has 0 aromatic carbocycles. The first kappa shape index (κ1) is 11.3. The lowest BCUT2D eigenvalue weighted by molar-refractivity contribution is 0.446. The molecule has 0 aliphatic rings. The van der Waals surface area contributed by atoms with E-state index < -0.39 is 0 Å². The Hall–Kier alpha value is -1.20. The van der Waals surface area contributed by atoms with Gasteiger partial charge in [0.05, 0.1) is 11.8 Å². The fraction of sp³-hybridized carbons (Fsp3) is 0.455. The molecule has 16 heavy (non-hydrogen) atoms. The molecule has 0 saturated heterocycles. The van der Waals surface area contributed by atoms with Crippen LogP contribution in [-0.4, -0.2) is 21.1 Å². The van der Waals surface area contributed by atoms with E-state index in [4.69, 9.17) is 0 Å². The van der Waals surface area contributed by atoms with Crippen molar-refractivity contribution < 1.29 is 0 Å². The van der Waals surface area contributed by atoms with Crippen LogP contribution in [0.15, 0.2) is 30.4 Å². The Balaban J connectivity index is 1.66. The van der Waals surface area contributed by atoms with E-state index in [1.54, 1.807) is 11.3 Å². The van der Waals surface area contributed by atoms with Crippen molar-refractivity contribution in [2.45, 2.75) is 20.0 Å². The normalized spacial score (nSPS) is 12.8. The van der Waals surface area contributed by atoms with Gasteiger partial charge in [0.1, 0.15) is 0 Å². The van der Waals surface area contributed by atoms with Crippen LogP contribution in [0.2, 0.25) is 0 Å². The summed E-state index contributed by atoms with van der Waals surface area (Å²) in [6.07, 6.45) is 7.59. The molecule has 0 bridgehead atoms. The highest BCUT2D eigenvalue weighted by Crippen LogP contribution is 2.05. The largest absolute Gasteiger partial charge is 0.337 e. The number of nitrogens with zero attached hydrogens (tertiary/aromatic N) is 3. The van der Waals surface area contributed by atoms with Gasteiger partial charge in [0.15, 0.2) is 0 Å². The molecule has 2 aromatic heterocycles. The van der Waals surface area contributed by atoms with Crippen LogP contribution in [0.3, 0.4) is 0 Å². The van der Waals surface area contributed by atoms with Crippen LogP contribution < -0.4 is 5.32 Å². The van der Waals surface area contributed by atoms with Crippen molar-refractivity contribution in [3.63, 3.8) is 0 Å². The average Bonchev–Trinajstić information content (AvgIpc) is 2.90. The first-order valence-electron chi connectivity index (χ1n) is 5.38. The van der Waals surface area contributed by atoms with E-state index in [1.165, 1.54) is 4.88 Å². The lowest BCUT2D eigenvalue weighted by Gasteiger charge is -2.12. The van der Waals surface area contributed by atoms with Crippen LogP contribution in [0.5, 0.6) is 0 Å². The number of thiazole rings is 1. The predicted octanol–water partition coefficient (Wildman–Crippen LogP) is 1.77. The molecule has 0 fully saturated rings. The Morgan fingerprint density at radius 3 is 3.12 bits per heavy atom. The molecule has 1 N–H and O–H groups in total. The third-order valence-corrected chi connectivity index (χ3v) is 3.14. The van der Waals surface area contributed by atoms with E-state index in [0.717, 1.165) is 19.6 Å². The summed E-state index contributed by atoms with van der Waals surface area (Å²) in [7, 11) is 0. The first-order chi connectivity index (χ1) is 7.84. The summed E-state index contributed by atoms with van der Waals surface area (Å²) in [6, 6.07) is 0. The van der Waals surface area contributed by atoms with E-state index in [1.807, 2.05) is 30.4 Å². The number of hydrogen-bond donors (Lipinski definition) is 1. The summed E-state index contributed by atoms with van der Waals surface area (Å²) in [4.78, 5) is 9.37. The number of rotatable bonds is 6. The molecule has 5 heteroatoms. The van der Waals surface area contributed by atoms with Crippen LogP contribution in [-0.2, 0) is 13.1 Å². The van der Waals surface area contributed by atoms with Crippen LogP contribution in [0.1, 0.15) is 11.8 Å². The van der Waals surface area contributed by atoms with Gasteiger partial charge in [-0.25, -0.2) is 4.98 Å². The topological polar surface area (TPSA) is 42.7 Å². The number of hydrogen-bond acceptors (Lipinski definition) is 4. The SMILES string of the molecule is CC(CNCc1cncs1)Cn1ccnc1. The quantitative estimate of drug-likeness (QED) is 0.831. The fourth-order valence-corrected chi connectivity index (χ4v) is 2.15. The van der Waals surface area contributed by atoms with Gasteiger partial charge in [-0.05, 0) is 12.5 Å². The van der Waals surface area contributed by atoms with Gasteiger partial charge < -0.3 is 9.88 Å². The molecule has 2 heterocycles. The first-order valence-corrected chi connectivity index (χ1v) is 6.26. The maximum atomic E-state index is 4.05. The number of nitrogens with one attached hydrogen (secondary N) is 1. The molecule has 0 spiro atoms. The molecule has 1 atom stereocenters. The molecule has 0 saturated carbocycles. The maximum Gasteiger partial charge on any atom is 0.0946 e. The van der Waals surface area contributed by atoms with Gasteiger partial charge in [-0.2, -0.15) is 0 Å². The molecule has 0 amide bonds. The summed E-state index contributed by atoms with van der Waals surface area (Å²) < 4.78 is 2.11. The average molecular weight is 236 g/mol. The van der Waals surface area contributed by atoms with Gasteiger partial charge in [0.2, 0.25) is 0 Å². The molecule has 0 radical (unpaired) electrons. The smallest absolute Gasteiger partial charge is 0.0946 e. The zero-order valence-electron chi connectivity index (χ0n) is 9.34. The van der Waals surface area contributed by atoms with Crippen LogP contribution in [0.4, 0.5) is 0 Å².